The molecule has 140 valence electrons. The Balaban J connectivity index is 1.51. The van der Waals surface area contributed by atoms with Gasteiger partial charge in [0.25, 0.3) is 0 Å². The zero-order chi connectivity index (χ0) is 19.2. The fourth-order valence-corrected chi connectivity index (χ4v) is 3.12. The van der Waals surface area contributed by atoms with E-state index in [1.807, 2.05) is 44.2 Å². The third-order valence-electron chi connectivity index (χ3n) is 4.92. The van der Waals surface area contributed by atoms with Crippen molar-refractivity contribution >= 4 is 11.7 Å². The van der Waals surface area contributed by atoms with Gasteiger partial charge in [-0.1, -0.05) is 30.3 Å². The Labute approximate surface area is 159 Å². The number of benzene rings is 1. The van der Waals surface area contributed by atoms with Gasteiger partial charge in [0.1, 0.15) is 11.6 Å². The molecule has 3 rings (SSSR count). The van der Waals surface area contributed by atoms with Crippen molar-refractivity contribution in [3.63, 3.8) is 0 Å². The third-order valence-corrected chi connectivity index (χ3v) is 4.92. The molecule has 27 heavy (non-hydrogen) atoms. The Morgan fingerprint density at radius 1 is 1.15 bits per heavy atom. The normalized spacial score (nSPS) is 14.6. The Bertz CT molecular complexity index is 838. The highest BCUT2D eigenvalue weighted by Crippen LogP contribution is 2.22. The molecule has 1 aromatic heterocycles. The summed E-state index contributed by atoms with van der Waals surface area (Å²) in [5.41, 5.74) is 3.35. The van der Waals surface area contributed by atoms with Gasteiger partial charge in [0.2, 0.25) is 5.91 Å². The average molecular weight is 364 g/mol. The van der Waals surface area contributed by atoms with Gasteiger partial charge < -0.3 is 10.2 Å². The van der Waals surface area contributed by atoms with Crippen LogP contribution >= 0.6 is 0 Å². The second-order valence-corrected chi connectivity index (χ2v) is 6.75. The number of nitriles is 1. The second-order valence-electron chi connectivity index (χ2n) is 6.75. The molecular formula is C20H24N6O. The van der Waals surface area contributed by atoms with Crippen LogP contribution in [0.1, 0.15) is 22.4 Å². The summed E-state index contributed by atoms with van der Waals surface area (Å²) in [5.74, 6) is 0.671. The molecule has 0 bridgehead atoms. The molecule has 1 fully saturated rings. The van der Waals surface area contributed by atoms with E-state index >= 15 is 0 Å². The topological polar surface area (TPSA) is 85.2 Å². The molecule has 7 nitrogen and oxygen atoms in total. The standard InChI is InChI=1S/C20H24N6O/c1-15-16(2)23-24-20(18(15)12-21)26-10-8-25(9-11-26)14-19(27)22-13-17-6-4-3-5-7-17/h3-7H,8-11,13-14H2,1-2H3,(H,22,27). The van der Waals surface area contributed by atoms with Crippen molar-refractivity contribution < 1.29 is 4.79 Å². The molecule has 1 N–H and O–H groups in total. The van der Waals surface area contributed by atoms with Crippen LogP contribution in [0.25, 0.3) is 0 Å². The monoisotopic (exact) mass is 364 g/mol. The molecule has 0 spiro atoms. The van der Waals surface area contributed by atoms with Gasteiger partial charge in [-0.05, 0) is 25.0 Å². The second kappa shape index (κ2) is 8.60. The van der Waals surface area contributed by atoms with Gasteiger partial charge in [-0.2, -0.15) is 10.4 Å². The van der Waals surface area contributed by atoms with Gasteiger partial charge >= 0.3 is 0 Å². The van der Waals surface area contributed by atoms with Crippen molar-refractivity contribution in [2.75, 3.05) is 37.6 Å². The molecule has 1 aromatic carbocycles. The highest BCUT2D eigenvalue weighted by Gasteiger charge is 2.23. The number of anilines is 1. The molecule has 0 unspecified atom stereocenters. The van der Waals surface area contributed by atoms with Crippen molar-refractivity contribution in [1.29, 1.82) is 5.26 Å². The molecule has 2 aromatic rings. The van der Waals surface area contributed by atoms with Crippen molar-refractivity contribution in [2.24, 2.45) is 0 Å². The molecule has 1 aliphatic heterocycles. The predicted molar refractivity (Wildman–Crippen MR) is 103 cm³/mol. The molecule has 1 saturated heterocycles. The minimum Gasteiger partial charge on any atom is -0.351 e. The quantitative estimate of drug-likeness (QED) is 0.863. The lowest BCUT2D eigenvalue weighted by atomic mass is 10.1. The van der Waals surface area contributed by atoms with Crippen molar-refractivity contribution in [1.82, 2.24) is 20.4 Å². The van der Waals surface area contributed by atoms with Crippen LogP contribution in [0.2, 0.25) is 0 Å². The molecule has 0 saturated carbocycles. The van der Waals surface area contributed by atoms with E-state index in [4.69, 9.17) is 0 Å². The van der Waals surface area contributed by atoms with Crippen molar-refractivity contribution in [3.8, 4) is 6.07 Å². The summed E-state index contributed by atoms with van der Waals surface area (Å²) in [7, 11) is 0. The zero-order valence-corrected chi connectivity index (χ0v) is 15.8. The molecular weight excluding hydrogens is 340 g/mol. The average Bonchev–Trinajstić information content (AvgIpc) is 2.70. The highest BCUT2D eigenvalue weighted by molar-refractivity contribution is 5.78. The smallest absolute Gasteiger partial charge is 0.234 e. The van der Waals surface area contributed by atoms with E-state index in [2.05, 4.69) is 31.4 Å². The van der Waals surface area contributed by atoms with E-state index < -0.39 is 0 Å². The van der Waals surface area contributed by atoms with Crippen LogP contribution in [-0.2, 0) is 11.3 Å². The Kier molecular flexibility index (Phi) is 5.99. The Morgan fingerprint density at radius 2 is 1.85 bits per heavy atom. The van der Waals surface area contributed by atoms with Crippen LogP contribution in [0.5, 0.6) is 0 Å². The van der Waals surface area contributed by atoms with Gasteiger partial charge in [-0.15, -0.1) is 5.10 Å². The first-order chi connectivity index (χ1) is 13.1. The lowest BCUT2D eigenvalue weighted by Crippen LogP contribution is -2.50. The number of aryl methyl sites for hydroxylation is 1. The molecule has 7 heteroatoms. The molecule has 0 radical (unpaired) electrons. The SMILES string of the molecule is Cc1nnc(N2CCN(CC(=O)NCc3ccccc3)CC2)c(C#N)c1C. The van der Waals surface area contributed by atoms with Gasteiger partial charge in [0.05, 0.1) is 12.2 Å². The van der Waals surface area contributed by atoms with E-state index in [1.165, 1.54) is 0 Å². The van der Waals surface area contributed by atoms with Gasteiger partial charge in [-0.3, -0.25) is 9.69 Å². The largest absolute Gasteiger partial charge is 0.351 e. The number of rotatable bonds is 5. The number of nitrogens with one attached hydrogen (secondary N) is 1. The summed E-state index contributed by atoms with van der Waals surface area (Å²) in [5, 5.41) is 20.8. The highest BCUT2D eigenvalue weighted by atomic mass is 16.2. The van der Waals surface area contributed by atoms with Crippen LogP contribution in [0.4, 0.5) is 5.82 Å². The van der Waals surface area contributed by atoms with E-state index in [0.29, 0.717) is 24.5 Å². The summed E-state index contributed by atoms with van der Waals surface area (Å²) < 4.78 is 0. The number of nitrogens with zero attached hydrogens (tertiary/aromatic N) is 5. The first-order valence-corrected chi connectivity index (χ1v) is 9.10. The Morgan fingerprint density at radius 3 is 2.52 bits per heavy atom. The van der Waals surface area contributed by atoms with Crippen molar-refractivity contribution in [3.05, 3.63) is 52.7 Å². The van der Waals surface area contributed by atoms with E-state index in [0.717, 1.165) is 43.0 Å². The maximum Gasteiger partial charge on any atom is 0.234 e. The van der Waals surface area contributed by atoms with E-state index in [1.54, 1.807) is 0 Å². The van der Waals surface area contributed by atoms with Gasteiger partial charge in [0.15, 0.2) is 5.82 Å². The van der Waals surface area contributed by atoms with Crippen LogP contribution in [0.3, 0.4) is 0 Å². The summed E-state index contributed by atoms with van der Waals surface area (Å²) >= 11 is 0. The molecule has 2 heterocycles. The first kappa shape index (κ1) is 18.8. The van der Waals surface area contributed by atoms with Crippen LogP contribution in [0, 0.1) is 25.2 Å². The number of amides is 1. The summed E-state index contributed by atoms with van der Waals surface area (Å²) in [6.45, 7) is 7.62. The molecule has 0 atom stereocenters. The fourth-order valence-electron chi connectivity index (χ4n) is 3.12. The van der Waals surface area contributed by atoms with E-state index in [-0.39, 0.29) is 5.91 Å². The number of aromatic nitrogens is 2. The summed E-state index contributed by atoms with van der Waals surface area (Å²) in [6, 6.07) is 12.1. The molecule has 1 amide bonds. The predicted octanol–water partition coefficient (Wildman–Crippen LogP) is 1.40. The van der Waals surface area contributed by atoms with Crippen molar-refractivity contribution in [2.45, 2.75) is 20.4 Å². The van der Waals surface area contributed by atoms with Crippen LogP contribution in [0.15, 0.2) is 30.3 Å². The lowest BCUT2D eigenvalue weighted by molar-refractivity contribution is -0.122. The van der Waals surface area contributed by atoms with Gasteiger partial charge in [0, 0.05) is 32.7 Å². The third kappa shape index (κ3) is 4.60. The number of piperazine rings is 1. The number of carbonyl (C=O) groups is 1. The number of hydrogen-bond acceptors (Lipinski definition) is 6. The van der Waals surface area contributed by atoms with Gasteiger partial charge in [-0.25, -0.2) is 0 Å². The van der Waals surface area contributed by atoms with Crippen LogP contribution in [-0.4, -0.2) is 53.7 Å². The maximum atomic E-state index is 12.2. The number of hydrogen-bond donors (Lipinski definition) is 1. The fraction of sp³-hybridized carbons (Fsp3) is 0.400. The lowest BCUT2D eigenvalue weighted by Gasteiger charge is -2.35. The summed E-state index contributed by atoms with van der Waals surface area (Å²) in [4.78, 5) is 16.4. The van der Waals surface area contributed by atoms with Crippen LogP contribution < -0.4 is 10.2 Å². The maximum absolute atomic E-state index is 12.2. The number of carbonyl (C=O) groups excluding carboxylic acids is 1. The minimum atomic E-state index is 0.0241. The summed E-state index contributed by atoms with van der Waals surface area (Å²) in [6.07, 6.45) is 0. The molecule has 0 aliphatic carbocycles. The Hall–Kier alpha value is -2.98. The minimum absolute atomic E-state index is 0.0241. The van der Waals surface area contributed by atoms with E-state index in [9.17, 15) is 10.1 Å². The zero-order valence-electron chi connectivity index (χ0n) is 15.8. The molecule has 1 aliphatic rings. The first-order valence-electron chi connectivity index (χ1n) is 9.10.